The fourth-order valence-electron chi connectivity index (χ4n) is 2.19. The summed E-state index contributed by atoms with van der Waals surface area (Å²) in [5, 5.41) is 18.4. The molecule has 0 aliphatic rings. The minimum atomic E-state index is -0.788. The molecule has 0 unspecified atom stereocenters. The summed E-state index contributed by atoms with van der Waals surface area (Å²) >= 11 is 6.85. The van der Waals surface area contributed by atoms with Gasteiger partial charge in [0.05, 0.1) is 22.1 Å². The molecule has 0 saturated heterocycles. The molecule has 3 heterocycles. The van der Waals surface area contributed by atoms with Gasteiger partial charge in [-0.2, -0.15) is 0 Å². The molecule has 0 radical (unpaired) electrons. The minimum Gasteiger partial charge on any atom is -0.367 e. The molecule has 0 aliphatic heterocycles. The number of nitrogen functional groups attached to an aromatic ring is 1. The van der Waals surface area contributed by atoms with Crippen LogP contribution in [0, 0.1) is 5.82 Å². The van der Waals surface area contributed by atoms with Gasteiger partial charge in [-0.05, 0) is 40.2 Å². The lowest BCUT2D eigenvalue weighted by atomic mass is 10.3. The molecule has 4 aromatic rings. The quantitative estimate of drug-likeness (QED) is 0.529. The first-order chi connectivity index (χ1) is 12.5. The van der Waals surface area contributed by atoms with E-state index in [1.165, 1.54) is 16.8 Å². The fourth-order valence-corrected chi connectivity index (χ4v) is 2.99. The van der Waals surface area contributed by atoms with Gasteiger partial charge in [-0.25, -0.2) is 18.4 Å². The van der Waals surface area contributed by atoms with Crippen molar-refractivity contribution in [1.29, 1.82) is 0 Å². The van der Waals surface area contributed by atoms with Crippen molar-refractivity contribution in [3.05, 3.63) is 44.5 Å². The first-order valence-electron chi connectivity index (χ1n) is 6.92. The summed E-state index contributed by atoms with van der Waals surface area (Å²) < 4.78 is 24.5. The number of tetrazole rings is 1. The average Bonchev–Trinajstić information content (AvgIpc) is 3.32. The third-order valence-electron chi connectivity index (χ3n) is 3.39. The highest BCUT2D eigenvalue weighted by Crippen LogP contribution is 2.26. The molecule has 2 N–H and O–H groups in total. The Labute approximate surface area is 152 Å². The second-order valence-corrected chi connectivity index (χ2v) is 6.19. The highest BCUT2D eigenvalue weighted by atomic mass is 35.5. The van der Waals surface area contributed by atoms with Gasteiger partial charge < -0.3 is 5.73 Å². The molecular weight excluding hydrogens is 389 g/mol. The van der Waals surface area contributed by atoms with Crippen molar-refractivity contribution in [1.82, 2.24) is 39.5 Å². The molecule has 11 nitrogen and oxygen atoms in total. The largest absolute Gasteiger partial charge is 0.446 e. The first kappa shape index (κ1) is 16.3. The second kappa shape index (κ2) is 6.27. The number of hydrogen-bond acceptors (Lipinski definition) is 10. The van der Waals surface area contributed by atoms with Crippen LogP contribution in [0.15, 0.2) is 27.5 Å². The average molecular weight is 396 g/mol. The van der Waals surface area contributed by atoms with Gasteiger partial charge in [-0.15, -0.1) is 5.10 Å². The number of nitrogens with zero attached hydrogens (tertiary/aromatic N) is 8. The van der Waals surface area contributed by atoms with E-state index in [-0.39, 0.29) is 34.7 Å². The van der Waals surface area contributed by atoms with Gasteiger partial charge in [0, 0.05) is 0 Å². The van der Waals surface area contributed by atoms with Crippen LogP contribution in [0.1, 0.15) is 4.88 Å². The van der Waals surface area contributed by atoms with Gasteiger partial charge in [0.25, 0.3) is 0 Å². The monoisotopic (exact) mass is 395 g/mol. The van der Waals surface area contributed by atoms with Crippen LogP contribution >= 0.6 is 23.1 Å². The Morgan fingerprint density at radius 2 is 2.19 bits per heavy atom. The molecule has 0 atom stereocenters. The van der Waals surface area contributed by atoms with Crippen LogP contribution in [0.3, 0.4) is 0 Å². The van der Waals surface area contributed by atoms with Crippen molar-refractivity contribution in [3.8, 4) is 17.2 Å². The van der Waals surface area contributed by atoms with Crippen LogP contribution in [0.4, 0.5) is 10.3 Å². The van der Waals surface area contributed by atoms with E-state index in [0.29, 0.717) is 4.88 Å². The molecule has 0 bridgehead atoms. The summed E-state index contributed by atoms with van der Waals surface area (Å²) in [6.45, 7) is 0.164. The number of anilines is 1. The van der Waals surface area contributed by atoms with Crippen LogP contribution in [0.25, 0.3) is 17.2 Å². The van der Waals surface area contributed by atoms with Gasteiger partial charge >= 0.3 is 5.76 Å². The second-order valence-electron chi connectivity index (χ2n) is 4.95. The molecule has 14 heteroatoms. The highest BCUT2D eigenvalue weighted by molar-refractivity contribution is 7.05. The predicted molar refractivity (Wildman–Crippen MR) is 87.3 cm³/mol. The number of halogens is 2. The summed E-state index contributed by atoms with van der Waals surface area (Å²) in [4.78, 5) is 12.7. The van der Waals surface area contributed by atoms with Crippen LogP contribution in [-0.4, -0.2) is 39.5 Å². The normalized spacial score (nSPS) is 11.2. The maximum Gasteiger partial charge on any atom is 0.446 e. The molecule has 4 rings (SSSR count). The maximum absolute atomic E-state index is 13.4. The van der Waals surface area contributed by atoms with E-state index in [1.807, 2.05) is 0 Å². The van der Waals surface area contributed by atoms with Crippen LogP contribution in [0.2, 0.25) is 5.02 Å². The van der Waals surface area contributed by atoms with E-state index >= 15 is 0 Å². The standard InChI is InChI=1S/C12H7ClFN9O2S/c13-6-3-5(1-2-7(6)14)23-10(18-25-12(23)24)9-8(26-21-16-9)4-22-11(15)17-19-20-22/h1-3H,4H2,(H2,15,17,20). The van der Waals surface area contributed by atoms with Crippen molar-refractivity contribution in [2.75, 3.05) is 5.73 Å². The third kappa shape index (κ3) is 2.72. The zero-order chi connectivity index (χ0) is 18.3. The van der Waals surface area contributed by atoms with Crippen LogP contribution in [-0.2, 0) is 6.54 Å². The fraction of sp³-hybridized carbons (Fsp3) is 0.0833. The molecule has 0 amide bonds. The van der Waals surface area contributed by atoms with Gasteiger partial charge in [0.1, 0.15) is 5.82 Å². The van der Waals surface area contributed by atoms with Crippen LogP contribution in [0.5, 0.6) is 0 Å². The highest BCUT2D eigenvalue weighted by Gasteiger charge is 2.22. The Hall–Kier alpha value is -3.19. The van der Waals surface area contributed by atoms with Gasteiger partial charge in [-0.1, -0.05) is 26.3 Å². The van der Waals surface area contributed by atoms with Crippen molar-refractivity contribution < 1.29 is 8.91 Å². The number of hydrogen-bond donors (Lipinski definition) is 1. The molecule has 26 heavy (non-hydrogen) atoms. The van der Waals surface area contributed by atoms with Crippen molar-refractivity contribution in [3.63, 3.8) is 0 Å². The maximum atomic E-state index is 13.4. The Morgan fingerprint density at radius 1 is 1.35 bits per heavy atom. The zero-order valence-corrected chi connectivity index (χ0v) is 14.1. The Balaban J connectivity index is 1.81. The predicted octanol–water partition coefficient (Wildman–Crippen LogP) is 0.753. The Morgan fingerprint density at radius 3 is 2.92 bits per heavy atom. The third-order valence-corrected chi connectivity index (χ3v) is 4.38. The summed E-state index contributed by atoms with van der Waals surface area (Å²) in [7, 11) is 0. The number of rotatable bonds is 4. The zero-order valence-electron chi connectivity index (χ0n) is 12.6. The molecule has 1 aromatic carbocycles. The lowest BCUT2D eigenvalue weighted by Crippen LogP contribution is -2.14. The lowest BCUT2D eigenvalue weighted by molar-refractivity contribution is 0.383. The van der Waals surface area contributed by atoms with E-state index in [2.05, 4.69) is 30.3 Å². The molecule has 132 valence electrons. The van der Waals surface area contributed by atoms with Crippen molar-refractivity contribution in [2.45, 2.75) is 6.54 Å². The number of benzene rings is 1. The molecule has 0 spiro atoms. The summed E-state index contributed by atoms with van der Waals surface area (Å²) in [5.41, 5.74) is 6.19. The first-order valence-corrected chi connectivity index (χ1v) is 8.07. The minimum absolute atomic E-state index is 0.0769. The van der Waals surface area contributed by atoms with E-state index in [0.717, 1.165) is 22.2 Å². The Bertz CT molecular complexity index is 1150. The lowest BCUT2D eigenvalue weighted by Gasteiger charge is -2.05. The molecular formula is C12H7ClFN9O2S. The van der Waals surface area contributed by atoms with Gasteiger partial charge in [0.2, 0.25) is 11.8 Å². The summed E-state index contributed by atoms with van der Waals surface area (Å²) in [5.74, 6) is -1.23. The number of aromatic nitrogens is 8. The summed E-state index contributed by atoms with van der Waals surface area (Å²) in [6.07, 6.45) is 0. The van der Waals surface area contributed by atoms with E-state index in [1.54, 1.807) is 0 Å². The molecule has 3 aromatic heterocycles. The van der Waals surface area contributed by atoms with Gasteiger partial charge in [0.15, 0.2) is 5.69 Å². The summed E-state index contributed by atoms with van der Waals surface area (Å²) in [6, 6.07) is 3.77. The molecule has 0 fully saturated rings. The van der Waals surface area contributed by atoms with Crippen LogP contribution < -0.4 is 11.5 Å². The smallest absolute Gasteiger partial charge is 0.367 e. The SMILES string of the molecule is Nc1nnnn1Cc1snnc1-c1noc(=O)n1-c1ccc(F)c(Cl)c1. The number of nitrogens with two attached hydrogens (primary N) is 1. The van der Waals surface area contributed by atoms with Gasteiger partial charge in [-0.3, -0.25) is 4.52 Å². The molecule has 0 aliphatic carbocycles. The topological polar surface area (TPSA) is 143 Å². The van der Waals surface area contributed by atoms with E-state index < -0.39 is 11.6 Å². The van der Waals surface area contributed by atoms with E-state index in [4.69, 9.17) is 21.9 Å². The van der Waals surface area contributed by atoms with Crippen molar-refractivity contribution >= 4 is 29.1 Å². The van der Waals surface area contributed by atoms with Crippen molar-refractivity contribution in [2.24, 2.45) is 0 Å². The molecule has 0 saturated carbocycles. The Kier molecular flexibility index (Phi) is 3.93. The van der Waals surface area contributed by atoms with E-state index in [9.17, 15) is 9.18 Å².